The highest BCUT2D eigenvalue weighted by atomic mass is 16.4. The van der Waals surface area contributed by atoms with Gasteiger partial charge < -0.3 is 10.4 Å². The molecule has 1 aromatic heterocycles. The van der Waals surface area contributed by atoms with Gasteiger partial charge in [-0.15, -0.1) is 0 Å². The van der Waals surface area contributed by atoms with Crippen molar-refractivity contribution in [2.75, 3.05) is 5.32 Å². The fourth-order valence-corrected chi connectivity index (χ4v) is 1.99. The second kappa shape index (κ2) is 4.92. The summed E-state index contributed by atoms with van der Waals surface area (Å²) in [5.74, 6) is -0.0581. The van der Waals surface area contributed by atoms with Gasteiger partial charge in [-0.2, -0.15) is 0 Å². The van der Waals surface area contributed by atoms with E-state index < -0.39 is 5.97 Å². The van der Waals surface area contributed by atoms with Crippen molar-refractivity contribution in [1.29, 1.82) is 0 Å². The third-order valence-corrected chi connectivity index (χ3v) is 3.21. The van der Waals surface area contributed by atoms with Crippen LogP contribution in [0.15, 0.2) is 30.5 Å². The van der Waals surface area contributed by atoms with Crippen molar-refractivity contribution < 1.29 is 9.90 Å². The summed E-state index contributed by atoms with van der Waals surface area (Å²) in [6.45, 7) is 2.00. The smallest absolute Gasteiger partial charge is 0.341 e. The van der Waals surface area contributed by atoms with E-state index in [0.717, 1.165) is 24.0 Å². The van der Waals surface area contributed by atoms with E-state index in [-0.39, 0.29) is 5.56 Å². The van der Waals surface area contributed by atoms with Crippen molar-refractivity contribution in [3.8, 4) is 11.4 Å². The number of nitrogens with zero attached hydrogens (tertiary/aromatic N) is 2. The molecule has 1 aliphatic carbocycles. The molecule has 0 radical (unpaired) electrons. The second-order valence-corrected chi connectivity index (χ2v) is 5.05. The number of aromatic nitrogens is 2. The van der Waals surface area contributed by atoms with Gasteiger partial charge in [-0.1, -0.05) is 23.8 Å². The zero-order chi connectivity index (χ0) is 14.1. The third kappa shape index (κ3) is 2.61. The lowest BCUT2D eigenvalue weighted by Gasteiger charge is -2.09. The lowest BCUT2D eigenvalue weighted by atomic mass is 10.1. The Balaban J connectivity index is 2.01. The summed E-state index contributed by atoms with van der Waals surface area (Å²) in [6.07, 6.45) is 3.49. The standard InChI is InChI=1S/C15H15N3O2/c1-9-3-2-4-10(7-9)13-16-8-12(15(19)20)14(18-13)17-11-5-6-11/h2-4,7-8,11H,5-6H2,1H3,(H,19,20)(H,16,17,18). The molecule has 102 valence electrons. The number of hydrogen-bond donors (Lipinski definition) is 2. The molecule has 0 unspecified atom stereocenters. The van der Waals surface area contributed by atoms with Crippen molar-refractivity contribution in [2.24, 2.45) is 0 Å². The van der Waals surface area contributed by atoms with E-state index in [1.165, 1.54) is 6.20 Å². The lowest BCUT2D eigenvalue weighted by Crippen LogP contribution is -2.11. The highest BCUT2D eigenvalue weighted by molar-refractivity contribution is 5.93. The highest BCUT2D eigenvalue weighted by Gasteiger charge is 2.24. The molecule has 1 heterocycles. The molecule has 3 rings (SSSR count). The highest BCUT2D eigenvalue weighted by Crippen LogP contribution is 2.27. The maximum absolute atomic E-state index is 11.2. The van der Waals surface area contributed by atoms with Crippen LogP contribution >= 0.6 is 0 Å². The molecule has 0 amide bonds. The Hall–Kier alpha value is -2.43. The van der Waals surface area contributed by atoms with Crippen LogP contribution in [-0.4, -0.2) is 27.1 Å². The molecule has 1 aliphatic rings. The molecule has 2 aromatic rings. The molecule has 0 spiro atoms. The molecular weight excluding hydrogens is 254 g/mol. The zero-order valence-electron chi connectivity index (χ0n) is 11.1. The number of rotatable bonds is 4. The Morgan fingerprint density at radius 3 is 2.85 bits per heavy atom. The summed E-state index contributed by atoms with van der Waals surface area (Å²) in [5.41, 5.74) is 2.12. The Labute approximate surface area is 116 Å². The molecule has 0 saturated heterocycles. The normalized spacial score (nSPS) is 14.1. The van der Waals surface area contributed by atoms with E-state index in [1.54, 1.807) is 0 Å². The third-order valence-electron chi connectivity index (χ3n) is 3.21. The van der Waals surface area contributed by atoms with Crippen molar-refractivity contribution >= 4 is 11.8 Å². The SMILES string of the molecule is Cc1cccc(-c2ncc(C(=O)O)c(NC3CC3)n2)c1. The van der Waals surface area contributed by atoms with Crippen LogP contribution in [0.1, 0.15) is 28.8 Å². The van der Waals surface area contributed by atoms with Gasteiger partial charge in [0.05, 0.1) is 0 Å². The van der Waals surface area contributed by atoms with Crippen LogP contribution in [0.25, 0.3) is 11.4 Å². The predicted molar refractivity (Wildman–Crippen MR) is 75.8 cm³/mol. The number of carboxylic acid groups (broad SMARTS) is 1. The topological polar surface area (TPSA) is 75.1 Å². The summed E-state index contributed by atoms with van der Waals surface area (Å²) >= 11 is 0. The molecule has 2 N–H and O–H groups in total. The van der Waals surface area contributed by atoms with Gasteiger partial charge in [-0.05, 0) is 25.8 Å². The molecule has 0 bridgehead atoms. The monoisotopic (exact) mass is 269 g/mol. The summed E-state index contributed by atoms with van der Waals surface area (Å²) < 4.78 is 0. The van der Waals surface area contributed by atoms with Crippen LogP contribution in [0.2, 0.25) is 0 Å². The number of carbonyl (C=O) groups is 1. The summed E-state index contributed by atoms with van der Waals surface area (Å²) in [7, 11) is 0. The van der Waals surface area contributed by atoms with E-state index in [1.807, 2.05) is 31.2 Å². The van der Waals surface area contributed by atoms with Crippen molar-refractivity contribution in [3.63, 3.8) is 0 Å². The lowest BCUT2D eigenvalue weighted by molar-refractivity contribution is 0.0697. The maximum atomic E-state index is 11.2. The first kappa shape index (κ1) is 12.6. The fraction of sp³-hybridized carbons (Fsp3) is 0.267. The number of anilines is 1. The Morgan fingerprint density at radius 1 is 1.40 bits per heavy atom. The van der Waals surface area contributed by atoms with Gasteiger partial charge in [0.1, 0.15) is 11.4 Å². The van der Waals surface area contributed by atoms with Crippen LogP contribution in [0.4, 0.5) is 5.82 Å². The minimum Gasteiger partial charge on any atom is -0.477 e. The number of carboxylic acids is 1. The van der Waals surface area contributed by atoms with Crippen molar-refractivity contribution in [2.45, 2.75) is 25.8 Å². The van der Waals surface area contributed by atoms with Gasteiger partial charge in [0, 0.05) is 17.8 Å². The molecule has 0 aliphatic heterocycles. The van der Waals surface area contributed by atoms with Crippen molar-refractivity contribution in [1.82, 2.24) is 9.97 Å². The average molecular weight is 269 g/mol. The quantitative estimate of drug-likeness (QED) is 0.892. The number of nitrogens with one attached hydrogen (secondary N) is 1. The first-order valence-electron chi connectivity index (χ1n) is 6.57. The molecule has 20 heavy (non-hydrogen) atoms. The Kier molecular flexibility index (Phi) is 3.10. The Morgan fingerprint density at radius 2 is 2.20 bits per heavy atom. The van der Waals surface area contributed by atoms with E-state index in [9.17, 15) is 9.90 Å². The van der Waals surface area contributed by atoms with Crippen LogP contribution in [0.5, 0.6) is 0 Å². The van der Waals surface area contributed by atoms with Crippen LogP contribution in [0.3, 0.4) is 0 Å². The first-order chi connectivity index (χ1) is 9.63. The number of hydrogen-bond acceptors (Lipinski definition) is 4. The first-order valence-corrected chi connectivity index (χ1v) is 6.57. The minimum atomic E-state index is -1.01. The van der Waals surface area contributed by atoms with E-state index in [2.05, 4.69) is 15.3 Å². The largest absolute Gasteiger partial charge is 0.477 e. The van der Waals surface area contributed by atoms with Gasteiger partial charge in [-0.25, -0.2) is 14.8 Å². The molecule has 0 atom stereocenters. The van der Waals surface area contributed by atoms with Crippen LogP contribution < -0.4 is 5.32 Å². The molecule has 5 nitrogen and oxygen atoms in total. The maximum Gasteiger partial charge on any atom is 0.341 e. The summed E-state index contributed by atoms with van der Waals surface area (Å²) in [4.78, 5) is 19.8. The summed E-state index contributed by atoms with van der Waals surface area (Å²) in [5, 5.41) is 12.3. The van der Waals surface area contributed by atoms with E-state index >= 15 is 0 Å². The molecule has 5 heteroatoms. The van der Waals surface area contributed by atoms with Gasteiger partial charge >= 0.3 is 5.97 Å². The number of aryl methyl sites for hydroxylation is 1. The number of aromatic carboxylic acids is 1. The van der Waals surface area contributed by atoms with Crippen molar-refractivity contribution in [3.05, 3.63) is 41.6 Å². The predicted octanol–water partition coefficient (Wildman–Crippen LogP) is 2.72. The second-order valence-electron chi connectivity index (χ2n) is 5.05. The number of benzene rings is 1. The Bertz CT molecular complexity index is 666. The van der Waals surface area contributed by atoms with E-state index in [0.29, 0.717) is 17.7 Å². The molecule has 1 fully saturated rings. The van der Waals surface area contributed by atoms with Gasteiger partial charge in [0.25, 0.3) is 0 Å². The van der Waals surface area contributed by atoms with E-state index in [4.69, 9.17) is 0 Å². The minimum absolute atomic E-state index is 0.119. The van der Waals surface area contributed by atoms with Gasteiger partial charge in [-0.3, -0.25) is 0 Å². The molecular formula is C15H15N3O2. The van der Waals surface area contributed by atoms with Gasteiger partial charge in [0.15, 0.2) is 5.82 Å². The van der Waals surface area contributed by atoms with Gasteiger partial charge in [0.2, 0.25) is 0 Å². The molecule has 1 saturated carbocycles. The zero-order valence-corrected chi connectivity index (χ0v) is 11.1. The molecule has 1 aromatic carbocycles. The van der Waals surface area contributed by atoms with Crippen LogP contribution in [0, 0.1) is 6.92 Å². The average Bonchev–Trinajstić information content (AvgIpc) is 3.22. The van der Waals surface area contributed by atoms with Crippen LogP contribution in [-0.2, 0) is 0 Å². The fourth-order valence-electron chi connectivity index (χ4n) is 1.99. The summed E-state index contributed by atoms with van der Waals surface area (Å²) in [6, 6.07) is 8.18.